The number of phenols is 1. The molecule has 0 spiro atoms. The summed E-state index contributed by atoms with van der Waals surface area (Å²) in [5.74, 6) is -1.80. The summed E-state index contributed by atoms with van der Waals surface area (Å²) in [5, 5.41) is 12.6. The van der Waals surface area contributed by atoms with Crippen molar-refractivity contribution in [2.45, 2.75) is 36.7 Å². The standard InChI is InChI=1S/C35H34F2N4O6S/c1-41(22-25-7-11-26(36)12-8-25)19-3-5-29(23-41)40(33(34(38)43)20-24-9-15-30(42)16-10-24)35(44)39-28-13-17-31(18-14-28)47-48(45,46)32-6-2-4-27(37)21-32/h2,4,6-18,21,33H,3,5,19-20,22-23H2,1H3,(H2-2,38,39,42,43,44)/p+2/b40-29+/t33-,41?/m0/s1. The number of nitrogens with zero attached hydrogens (tertiary/aromatic N) is 2. The number of halogens is 2. The van der Waals surface area contributed by atoms with Gasteiger partial charge in [-0.15, -0.1) is 0 Å². The molecule has 1 saturated heterocycles. The third-order valence-corrected chi connectivity index (χ3v) is 9.41. The zero-order chi connectivity index (χ0) is 34.5. The van der Waals surface area contributed by atoms with Gasteiger partial charge in [-0.1, -0.05) is 30.3 Å². The number of amides is 3. The normalized spacial score (nSPS) is 18.1. The number of benzene rings is 4. The first kappa shape index (κ1) is 34.2. The number of quaternary nitrogens is 1. The fourth-order valence-corrected chi connectivity index (χ4v) is 6.84. The van der Waals surface area contributed by atoms with Gasteiger partial charge in [-0.2, -0.15) is 17.8 Å². The van der Waals surface area contributed by atoms with Crippen molar-refractivity contribution in [3.63, 3.8) is 0 Å². The van der Waals surface area contributed by atoms with Gasteiger partial charge in [-0.3, -0.25) is 4.79 Å². The number of nitrogens with two attached hydrogens (primary N) is 1. The number of carbonyl (C=O) groups is 2. The van der Waals surface area contributed by atoms with Gasteiger partial charge in [0.15, 0.2) is 6.04 Å². The Morgan fingerprint density at radius 3 is 2.27 bits per heavy atom. The van der Waals surface area contributed by atoms with E-state index in [0.29, 0.717) is 41.7 Å². The molecule has 0 aromatic heterocycles. The Kier molecular flexibility index (Phi) is 10.2. The summed E-state index contributed by atoms with van der Waals surface area (Å²) in [6.45, 7) is 1.77. The van der Waals surface area contributed by atoms with E-state index in [2.05, 4.69) is 5.32 Å². The van der Waals surface area contributed by atoms with Gasteiger partial charge in [-0.05, 0) is 72.3 Å². The highest BCUT2D eigenvalue weighted by atomic mass is 32.2. The molecule has 4 N–H and O–H groups in total. The maximum atomic E-state index is 14.1. The van der Waals surface area contributed by atoms with E-state index in [-0.39, 0.29) is 34.3 Å². The summed E-state index contributed by atoms with van der Waals surface area (Å²) in [7, 11) is -2.28. The van der Waals surface area contributed by atoms with Gasteiger partial charge in [0, 0.05) is 24.8 Å². The predicted molar refractivity (Wildman–Crippen MR) is 175 cm³/mol. The summed E-state index contributed by atoms with van der Waals surface area (Å²) < 4.78 is 59.5. The van der Waals surface area contributed by atoms with Crippen LogP contribution < -0.4 is 15.2 Å². The molecule has 4 aromatic carbocycles. The predicted octanol–water partition coefficient (Wildman–Crippen LogP) is 4.96. The van der Waals surface area contributed by atoms with E-state index in [0.717, 1.165) is 24.2 Å². The molecule has 1 unspecified atom stereocenters. The summed E-state index contributed by atoms with van der Waals surface area (Å²) in [4.78, 5) is 26.7. The molecule has 2 atom stereocenters. The molecule has 1 heterocycles. The van der Waals surface area contributed by atoms with Gasteiger partial charge >= 0.3 is 16.1 Å². The molecular weight excluding hydrogens is 642 g/mol. The second kappa shape index (κ2) is 14.3. The summed E-state index contributed by atoms with van der Waals surface area (Å²) in [6, 6.07) is 20.8. The Hall–Kier alpha value is -5.14. The van der Waals surface area contributed by atoms with Crippen LogP contribution in [-0.4, -0.2) is 66.4 Å². The van der Waals surface area contributed by atoms with E-state index in [9.17, 15) is 31.9 Å². The Morgan fingerprint density at radius 1 is 0.958 bits per heavy atom. The molecule has 0 saturated carbocycles. The van der Waals surface area contributed by atoms with Gasteiger partial charge in [-0.25, -0.2) is 14.1 Å². The molecule has 250 valence electrons. The number of piperidine rings is 1. The maximum Gasteiger partial charge on any atom is 0.496 e. The van der Waals surface area contributed by atoms with Crippen molar-refractivity contribution >= 4 is 33.5 Å². The lowest BCUT2D eigenvalue weighted by Crippen LogP contribution is -2.56. The Labute approximate surface area is 277 Å². The summed E-state index contributed by atoms with van der Waals surface area (Å²) >= 11 is 0. The van der Waals surface area contributed by atoms with Gasteiger partial charge in [0.05, 0.1) is 13.6 Å². The van der Waals surface area contributed by atoms with Crippen molar-refractivity contribution in [3.05, 3.63) is 120 Å². The first-order chi connectivity index (χ1) is 22.8. The van der Waals surface area contributed by atoms with Crippen molar-refractivity contribution in [3.8, 4) is 11.5 Å². The van der Waals surface area contributed by atoms with Crippen molar-refractivity contribution in [1.29, 1.82) is 0 Å². The van der Waals surface area contributed by atoms with Crippen molar-refractivity contribution in [2.24, 2.45) is 5.73 Å². The topological polar surface area (TPSA) is 139 Å². The van der Waals surface area contributed by atoms with E-state index in [1.807, 2.05) is 7.05 Å². The van der Waals surface area contributed by atoms with Crippen LogP contribution in [0.15, 0.2) is 102 Å². The zero-order valence-electron chi connectivity index (χ0n) is 26.2. The number of phenolic OH excluding ortho intramolecular Hbond substituents is 1. The van der Waals surface area contributed by atoms with Crippen molar-refractivity contribution in [2.75, 3.05) is 25.5 Å². The van der Waals surface area contributed by atoms with E-state index >= 15 is 0 Å². The van der Waals surface area contributed by atoms with Crippen LogP contribution in [0.3, 0.4) is 0 Å². The highest BCUT2D eigenvalue weighted by molar-refractivity contribution is 7.87. The van der Waals surface area contributed by atoms with Gasteiger partial charge in [0.25, 0.3) is 5.91 Å². The molecule has 13 heteroatoms. The lowest BCUT2D eigenvalue weighted by atomic mass is 10.0. The summed E-state index contributed by atoms with van der Waals surface area (Å²) in [5.41, 5.74) is 8.51. The van der Waals surface area contributed by atoms with Crippen LogP contribution >= 0.6 is 0 Å². The molecule has 0 bridgehead atoms. The van der Waals surface area contributed by atoms with Crippen LogP contribution in [0.4, 0.5) is 19.3 Å². The molecule has 5 rings (SSSR count). The maximum absolute atomic E-state index is 14.1. The number of aromatic hydroxyl groups is 1. The number of nitrogens with one attached hydrogen (secondary N) is 1. The molecule has 0 aliphatic carbocycles. The minimum absolute atomic E-state index is 0.0515. The van der Waals surface area contributed by atoms with Gasteiger partial charge in [0.1, 0.15) is 52.5 Å². The smallest absolute Gasteiger partial charge is 0.496 e. The van der Waals surface area contributed by atoms with Crippen molar-refractivity contribution in [1.82, 2.24) is 0 Å². The molecule has 1 aliphatic rings. The number of urea groups is 1. The second-order valence-corrected chi connectivity index (χ2v) is 13.6. The van der Waals surface area contributed by atoms with E-state index in [1.165, 1.54) is 65.2 Å². The van der Waals surface area contributed by atoms with Crippen LogP contribution in [0.25, 0.3) is 0 Å². The lowest BCUT2D eigenvalue weighted by Gasteiger charge is -2.38. The number of primary amides is 1. The molecular formula is C35H36F2N4O6S+2. The Bertz CT molecular complexity index is 1940. The van der Waals surface area contributed by atoms with Gasteiger partial charge in [0.2, 0.25) is 0 Å². The van der Waals surface area contributed by atoms with Crippen molar-refractivity contribution < 1.29 is 45.1 Å². The van der Waals surface area contributed by atoms with Gasteiger partial charge < -0.3 is 19.5 Å². The first-order valence-electron chi connectivity index (χ1n) is 15.2. The quantitative estimate of drug-likeness (QED) is 0.123. The molecule has 3 amide bonds. The largest absolute Gasteiger partial charge is 0.508 e. The number of likely N-dealkylation sites (tertiary alicyclic amines) is 1. The minimum Gasteiger partial charge on any atom is -0.508 e. The lowest BCUT2D eigenvalue weighted by molar-refractivity contribution is -0.918. The van der Waals surface area contributed by atoms with Crippen LogP contribution in [0.2, 0.25) is 0 Å². The summed E-state index contributed by atoms with van der Waals surface area (Å²) in [6.07, 6.45) is 1.32. The fraction of sp³-hybridized carbons (Fsp3) is 0.229. The second-order valence-electron chi connectivity index (χ2n) is 12.1. The zero-order valence-corrected chi connectivity index (χ0v) is 27.0. The highest BCUT2D eigenvalue weighted by Gasteiger charge is 2.39. The van der Waals surface area contributed by atoms with Crippen LogP contribution in [0, 0.1) is 11.6 Å². The molecule has 10 nitrogen and oxygen atoms in total. The Morgan fingerprint density at radius 2 is 1.62 bits per heavy atom. The third-order valence-electron chi connectivity index (χ3n) is 8.17. The van der Waals surface area contributed by atoms with Crippen LogP contribution in [0.5, 0.6) is 11.5 Å². The molecule has 4 aromatic rings. The number of hydrogen-bond donors (Lipinski definition) is 3. The number of hydrogen-bond acceptors (Lipinski definition) is 6. The monoisotopic (exact) mass is 678 g/mol. The molecule has 48 heavy (non-hydrogen) atoms. The average Bonchev–Trinajstić information content (AvgIpc) is 3.03. The third kappa shape index (κ3) is 8.60. The SMILES string of the molecule is C[N+]1(Cc2ccc(F)cc2)CCC/C(=[N+](\C(=O)Nc2ccc(OS(=O)(=O)c3cccc(F)c3)cc2)[C@@H](Cc2ccc(O)cc2)C(N)=O)C1. The average molecular weight is 679 g/mol. The van der Waals surface area contributed by atoms with Crippen LogP contribution in [0.1, 0.15) is 24.0 Å². The molecule has 0 radical (unpaired) electrons. The molecule has 1 aliphatic heterocycles. The van der Waals surface area contributed by atoms with E-state index < -0.39 is 33.9 Å². The van der Waals surface area contributed by atoms with E-state index in [4.69, 9.17) is 9.92 Å². The minimum atomic E-state index is -4.32. The number of rotatable bonds is 10. The molecule has 1 fully saturated rings. The fourth-order valence-electron chi connectivity index (χ4n) is 5.88. The van der Waals surface area contributed by atoms with Crippen LogP contribution in [-0.2, 0) is 27.9 Å². The Balaban J connectivity index is 1.43. The first-order valence-corrected chi connectivity index (χ1v) is 16.6. The van der Waals surface area contributed by atoms with E-state index in [1.54, 1.807) is 24.3 Å². The highest BCUT2D eigenvalue weighted by Crippen LogP contribution is 2.24. The number of carbonyl (C=O) groups excluding carboxylic acids is 2. The number of anilines is 1.